The van der Waals surface area contributed by atoms with Gasteiger partial charge in [0, 0.05) is 35.6 Å². The molecule has 0 fully saturated rings. The molecule has 3 heterocycles. The number of halogens is 1. The summed E-state index contributed by atoms with van der Waals surface area (Å²) in [6.45, 7) is 0.408. The third-order valence-corrected chi connectivity index (χ3v) is 5.93. The van der Waals surface area contributed by atoms with Gasteiger partial charge in [-0.25, -0.2) is 4.39 Å². The molecule has 0 bridgehead atoms. The molecule has 2 aromatic heterocycles. The molecule has 4 nitrogen and oxygen atoms in total. The molecular formula is C23H21FN2O2. The molecule has 0 saturated carbocycles. The Bertz CT molecular complexity index is 1200. The number of hydrogen-bond donors (Lipinski definition) is 2. The van der Waals surface area contributed by atoms with Crippen molar-refractivity contribution in [3.05, 3.63) is 71.0 Å². The first-order valence-corrected chi connectivity index (χ1v) is 9.44. The van der Waals surface area contributed by atoms with Crippen LogP contribution in [0.5, 0.6) is 0 Å². The van der Waals surface area contributed by atoms with Gasteiger partial charge in [-0.2, -0.15) is 0 Å². The number of fused-ring (bicyclic) bond motifs is 5. The van der Waals surface area contributed by atoms with Gasteiger partial charge in [-0.3, -0.25) is 0 Å². The van der Waals surface area contributed by atoms with Crippen molar-refractivity contribution in [2.45, 2.75) is 26.2 Å². The Kier molecular flexibility index (Phi) is 3.89. The predicted octanol–water partition coefficient (Wildman–Crippen LogP) is 3.99. The molecule has 0 saturated heterocycles. The Hall–Kier alpha value is -2.89. The molecule has 0 aliphatic carbocycles. The van der Waals surface area contributed by atoms with Gasteiger partial charge in [0.2, 0.25) is 0 Å². The predicted molar refractivity (Wildman–Crippen MR) is 107 cm³/mol. The van der Waals surface area contributed by atoms with Gasteiger partial charge in [-0.05, 0) is 47.9 Å². The first-order valence-electron chi connectivity index (χ1n) is 9.44. The van der Waals surface area contributed by atoms with Crippen LogP contribution >= 0.6 is 0 Å². The summed E-state index contributed by atoms with van der Waals surface area (Å²) in [7, 11) is 2.04. The van der Waals surface area contributed by atoms with Crippen LogP contribution in [-0.2, 0) is 33.2 Å². The molecule has 5 rings (SSSR count). The molecule has 4 aromatic rings. The molecule has 0 unspecified atom stereocenters. The second-order valence-corrected chi connectivity index (χ2v) is 7.28. The fraction of sp³-hybridized carbons (Fsp3) is 0.217. The van der Waals surface area contributed by atoms with Gasteiger partial charge in [0.25, 0.3) is 0 Å². The average molecular weight is 376 g/mol. The number of aliphatic hydroxyl groups is 2. The molecule has 142 valence electrons. The van der Waals surface area contributed by atoms with Crippen molar-refractivity contribution in [2.24, 2.45) is 7.05 Å². The molecular weight excluding hydrogens is 355 g/mol. The first kappa shape index (κ1) is 17.2. The fourth-order valence-corrected chi connectivity index (χ4v) is 4.75. The highest BCUT2D eigenvalue weighted by Gasteiger charge is 2.31. The maximum absolute atomic E-state index is 13.5. The largest absolute Gasteiger partial charge is 0.392 e. The maximum Gasteiger partial charge on any atom is 0.123 e. The van der Waals surface area contributed by atoms with Gasteiger partial charge < -0.3 is 19.3 Å². The number of hydrogen-bond acceptors (Lipinski definition) is 2. The summed E-state index contributed by atoms with van der Waals surface area (Å²) in [6.07, 6.45) is 0.863. The molecule has 0 amide bonds. The standard InChI is InChI=1S/C23H21FN2O2/c1-25-20-5-3-2-4-16(20)17-10-11-26-21(14-6-8-15(24)9-7-14)18(12-27)19(13-28)23(26)22(17)25/h2-9,27-28H,10-13H2,1H3. The minimum absolute atomic E-state index is 0.159. The minimum Gasteiger partial charge on any atom is -0.392 e. The van der Waals surface area contributed by atoms with Crippen LogP contribution < -0.4 is 0 Å². The van der Waals surface area contributed by atoms with Crippen molar-refractivity contribution in [3.8, 4) is 22.6 Å². The summed E-state index contributed by atoms with van der Waals surface area (Å²) in [4.78, 5) is 0. The highest BCUT2D eigenvalue weighted by atomic mass is 19.1. The van der Waals surface area contributed by atoms with Crippen LogP contribution in [-0.4, -0.2) is 19.3 Å². The number of aliphatic hydroxyl groups excluding tert-OH is 2. The molecule has 2 N–H and O–H groups in total. The van der Waals surface area contributed by atoms with E-state index in [0.29, 0.717) is 5.56 Å². The van der Waals surface area contributed by atoms with Crippen LogP contribution in [0.4, 0.5) is 4.39 Å². The number of benzene rings is 2. The molecule has 28 heavy (non-hydrogen) atoms. The SMILES string of the molecule is Cn1c2c(c3ccccc31)CCn1c(-c3ccc(F)cc3)c(CO)c(CO)c1-2. The lowest BCUT2D eigenvalue weighted by Gasteiger charge is -2.21. The van der Waals surface area contributed by atoms with Crippen molar-refractivity contribution in [1.82, 2.24) is 9.13 Å². The van der Waals surface area contributed by atoms with Crippen LogP contribution in [0.2, 0.25) is 0 Å². The molecule has 1 aliphatic heterocycles. The smallest absolute Gasteiger partial charge is 0.123 e. The monoisotopic (exact) mass is 376 g/mol. The van der Waals surface area contributed by atoms with Crippen LogP contribution in [0.25, 0.3) is 33.5 Å². The summed E-state index contributed by atoms with van der Waals surface area (Å²) in [5.74, 6) is -0.293. The van der Waals surface area contributed by atoms with Crippen molar-refractivity contribution in [3.63, 3.8) is 0 Å². The fourth-order valence-electron chi connectivity index (χ4n) is 4.75. The Morgan fingerprint density at radius 2 is 1.57 bits per heavy atom. The summed E-state index contributed by atoms with van der Waals surface area (Å²) in [5.41, 5.74) is 7.61. The zero-order chi connectivity index (χ0) is 19.4. The topological polar surface area (TPSA) is 50.3 Å². The van der Waals surface area contributed by atoms with Gasteiger partial charge in [-0.15, -0.1) is 0 Å². The second-order valence-electron chi connectivity index (χ2n) is 7.28. The lowest BCUT2D eigenvalue weighted by atomic mass is 10.00. The number of nitrogens with zero attached hydrogens (tertiary/aromatic N) is 2. The summed E-state index contributed by atoms with van der Waals surface area (Å²) < 4.78 is 17.8. The number of rotatable bonds is 3. The maximum atomic E-state index is 13.5. The van der Waals surface area contributed by atoms with E-state index in [2.05, 4.69) is 21.3 Å². The Morgan fingerprint density at radius 3 is 2.29 bits per heavy atom. The van der Waals surface area contributed by atoms with E-state index in [1.165, 1.54) is 23.1 Å². The highest BCUT2D eigenvalue weighted by molar-refractivity contribution is 5.93. The van der Waals surface area contributed by atoms with E-state index in [1.807, 2.05) is 19.2 Å². The Balaban J connectivity index is 1.87. The van der Waals surface area contributed by atoms with E-state index >= 15 is 0 Å². The van der Waals surface area contributed by atoms with Crippen LogP contribution in [0.1, 0.15) is 16.7 Å². The minimum atomic E-state index is -0.293. The molecule has 5 heteroatoms. The van der Waals surface area contributed by atoms with E-state index < -0.39 is 0 Å². The van der Waals surface area contributed by atoms with Gasteiger partial charge in [0.15, 0.2) is 0 Å². The third-order valence-electron chi connectivity index (χ3n) is 5.93. The number of aromatic nitrogens is 2. The van der Waals surface area contributed by atoms with E-state index in [-0.39, 0.29) is 19.0 Å². The van der Waals surface area contributed by atoms with Crippen molar-refractivity contribution in [2.75, 3.05) is 0 Å². The zero-order valence-electron chi connectivity index (χ0n) is 15.6. The van der Waals surface area contributed by atoms with E-state index in [4.69, 9.17) is 0 Å². The quantitative estimate of drug-likeness (QED) is 0.568. The van der Waals surface area contributed by atoms with Crippen molar-refractivity contribution in [1.29, 1.82) is 0 Å². The average Bonchev–Trinajstić information content (AvgIpc) is 3.21. The van der Waals surface area contributed by atoms with Crippen LogP contribution in [0.3, 0.4) is 0 Å². The summed E-state index contributed by atoms with van der Waals surface area (Å²) in [5, 5.41) is 21.6. The third kappa shape index (κ3) is 2.23. The number of para-hydroxylation sites is 1. The first-order chi connectivity index (χ1) is 13.7. The van der Waals surface area contributed by atoms with E-state index in [9.17, 15) is 14.6 Å². The lowest BCUT2D eigenvalue weighted by Crippen LogP contribution is -2.13. The van der Waals surface area contributed by atoms with E-state index in [0.717, 1.165) is 46.7 Å². The highest BCUT2D eigenvalue weighted by Crippen LogP contribution is 2.44. The Labute approximate surface area is 162 Å². The zero-order valence-corrected chi connectivity index (χ0v) is 15.6. The normalized spacial score (nSPS) is 13.0. The van der Waals surface area contributed by atoms with Gasteiger partial charge >= 0.3 is 0 Å². The lowest BCUT2D eigenvalue weighted by molar-refractivity contribution is 0.261. The molecule has 0 atom stereocenters. The molecule has 0 spiro atoms. The van der Waals surface area contributed by atoms with Crippen LogP contribution in [0.15, 0.2) is 48.5 Å². The van der Waals surface area contributed by atoms with Gasteiger partial charge in [0.1, 0.15) is 5.82 Å². The van der Waals surface area contributed by atoms with E-state index in [1.54, 1.807) is 12.1 Å². The molecule has 1 aliphatic rings. The molecule has 2 aromatic carbocycles. The van der Waals surface area contributed by atoms with Crippen molar-refractivity contribution >= 4 is 10.9 Å². The van der Waals surface area contributed by atoms with Crippen molar-refractivity contribution < 1.29 is 14.6 Å². The van der Waals surface area contributed by atoms with Gasteiger partial charge in [-0.1, -0.05) is 18.2 Å². The summed E-state index contributed by atoms with van der Waals surface area (Å²) in [6, 6.07) is 14.6. The molecule has 0 radical (unpaired) electrons. The second kappa shape index (κ2) is 6.33. The van der Waals surface area contributed by atoms with Gasteiger partial charge in [0.05, 0.1) is 30.3 Å². The van der Waals surface area contributed by atoms with Crippen LogP contribution in [0, 0.1) is 5.82 Å². The number of aryl methyl sites for hydroxylation is 2. The summed E-state index contributed by atoms with van der Waals surface area (Å²) >= 11 is 0. The Morgan fingerprint density at radius 1 is 0.893 bits per heavy atom.